The van der Waals surface area contributed by atoms with Crippen molar-refractivity contribution < 1.29 is 0 Å². The van der Waals surface area contributed by atoms with E-state index in [0.29, 0.717) is 5.41 Å². The van der Waals surface area contributed by atoms with E-state index in [4.69, 9.17) is 0 Å². The molecule has 0 radical (unpaired) electrons. The minimum absolute atomic E-state index is 0.397. The fraction of sp³-hybridized carbons (Fsp3) is 0.625. The van der Waals surface area contributed by atoms with Crippen LogP contribution in [-0.2, 0) is 12.8 Å². The van der Waals surface area contributed by atoms with Gasteiger partial charge in [-0.05, 0) is 53.7 Å². The van der Waals surface area contributed by atoms with Crippen LogP contribution in [0.3, 0.4) is 0 Å². The van der Waals surface area contributed by atoms with Crippen LogP contribution in [0.25, 0.3) is 0 Å². The Hall–Kier alpha value is -0.780. The lowest BCUT2D eigenvalue weighted by Crippen LogP contribution is -2.11. The molecule has 16 heavy (non-hydrogen) atoms. The van der Waals surface area contributed by atoms with Crippen LogP contribution in [-0.4, -0.2) is 0 Å². The summed E-state index contributed by atoms with van der Waals surface area (Å²) in [5, 5.41) is 0. The summed E-state index contributed by atoms with van der Waals surface area (Å²) in [5.41, 5.74) is 5.12. The normalized spacial score (nSPS) is 20.6. The fourth-order valence-corrected chi connectivity index (χ4v) is 2.83. The van der Waals surface area contributed by atoms with E-state index in [1.165, 1.54) is 31.2 Å². The molecule has 88 valence electrons. The maximum absolute atomic E-state index is 2.45. The topological polar surface area (TPSA) is 0 Å². The van der Waals surface area contributed by atoms with Gasteiger partial charge in [-0.1, -0.05) is 45.9 Å². The van der Waals surface area contributed by atoms with Gasteiger partial charge in [0.15, 0.2) is 0 Å². The Morgan fingerprint density at radius 3 is 2.69 bits per heavy atom. The van der Waals surface area contributed by atoms with Crippen LogP contribution >= 0.6 is 0 Å². The van der Waals surface area contributed by atoms with Gasteiger partial charge in [-0.3, -0.25) is 0 Å². The van der Waals surface area contributed by atoms with E-state index in [0.717, 1.165) is 5.92 Å². The highest BCUT2D eigenvalue weighted by atomic mass is 14.2. The first kappa shape index (κ1) is 11.7. The molecule has 0 aliphatic heterocycles. The molecule has 0 bridgehead atoms. The third-order valence-electron chi connectivity index (χ3n) is 3.56. The van der Waals surface area contributed by atoms with Crippen molar-refractivity contribution in [2.45, 2.75) is 59.3 Å². The van der Waals surface area contributed by atoms with Gasteiger partial charge in [-0.15, -0.1) is 0 Å². The van der Waals surface area contributed by atoms with Crippen LogP contribution in [0.4, 0.5) is 0 Å². The van der Waals surface area contributed by atoms with E-state index < -0.39 is 0 Å². The van der Waals surface area contributed by atoms with Crippen LogP contribution in [0.2, 0.25) is 0 Å². The van der Waals surface area contributed by atoms with Crippen molar-refractivity contribution in [1.29, 1.82) is 0 Å². The van der Waals surface area contributed by atoms with Gasteiger partial charge in [0, 0.05) is 0 Å². The predicted molar refractivity (Wildman–Crippen MR) is 71.0 cm³/mol. The molecule has 1 aromatic carbocycles. The van der Waals surface area contributed by atoms with Crippen LogP contribution in [0.15, 0.2) is 18.2 Å². The van der Waals surface area contributed by atoms with E-state index in [-0.39, 0.29) is 0 Å². The molecule has 1 unspecified atom stereocenters. The lowest BCUT2D eigenvalue weighted by molar-refractivity contribution is 0.411. The van der Waals surface area contributed by atoms with Crippen molar-refractivity contribution in [2.75, 3.05) is 0 Å². The zero-order chi connectivity index (χ0) is 11.8. The maximum atomic E-state index is 2.45. The summed E-state index contributed by atoms with van der Waals surface area (Å²) < 4.78 is 0. The second kappa shape index (κ2) is 4.24. The predicted octanol–water partition coefficient (Wildman–Crippen LogP) is 4.72. The Balaban J connectivity index is 2.25. The van der Waals surface area contributed by atoms with Crippen LogP contribution < -0.4 is 0 Å². The summed E-state index contributed by atoms with van der Waals surface area (Å²) in [6.45, 7) is 9.31. The summed E-state index contributed by atoms with van der Waals surface area (Å²) >= 11 is 0. The standard InChI is InChI=1S/C16H24/c1-12-6-5-7-14-10-13(8-9-15(12)14)11-16(2,3)4/h8-10,12H,5-7,11H2,1-4H3. The van der Waals surface area contributed by atoms with Gasteiger partial charge < -0.3 is 0 Å². The third kappa shape index (κ3) is 2.66. The molecule has 1 aliphatic rings. The molecule has 0 N–H and O–H groups in total. The molecule has 1 aromatic rings. The molecule has 0 heterocycles. The Labute approximate surface area is 100 Å². The molecular weight excluding hydrogens is 192 g/mol. The molecule has 0 nitrogen and oxygen atoms in total. The Kier molecular flexibility index (Phi) is 3.10. The molecule has 2 rings (SSSR count). The van der Waals surface area contributed by atoms with E-state index in [2.05, 4.69) is 45.9 Å². The average Bonchev–Trinajstić information content (AvgIpc) is 2.15. The van der Waals surface area contributed by atoms with Gasteiger partial charge in [0.1, 0.15) is 0 Å². The largest absolute Gasteiger partial charge is 0.0599 e. The number of aryl methyl sites for hydroxylation is 1. The Morgan fingerprint density at radius 1 is 1.25 bits per heavy atom. The second-order valence-corrected chi connectivity index (χ2v) is 6.56. The van der Waals surface area contributed by atoms with Gasteiger partial charge in [0.05, 0.1) is 0 Å². The summed E-state index contributed by atoms with van der Waals surface area (Å²) in [4.78, 5) is 0. The van der Waals surface area contributed by atoms with Gasteiger partial charge in [-0.2, -0.15) is 0 Å². The summed E-state index contributed by atoms with van der Waals surface area (Å²) in [6.07, 6.45) is 5.21. The highest BCUT2D eigenvalue weighted by Gasteiger charge is 2.18. The molecule has 0 fully saturated rings. The highest BCUT2D eigenvalue weighted by Crippen LogP contribution is 2.32. The first-order chi connectivity index (χ1) is 7.46. The van der Waals surface area contributed by atoms with Crippen molar-refractivity contribution in [3.8, 4) is 0 Å². The average molecular weight is 216 g/mol. The van der Waals surface area contributed by atoms with E-state index >= 15 is 0 Å². The molecule has 0 saturated carbocycles. The van der Waals surface area contributed by atoms with Crippen molar-refractivity contribution >= 4 is 0 Å². The summed E-state index contributed by atoms with van der Waals surface area (Å²) in [7, 11) is 0. The third-order valence-corrected chi connectivity index (χ3v) is 3.56. The van der Waals surface area contributed by atoms with Crippen LogP contribution in [0.1, 0.15) is 63.1 Å². The number of hydrogen-bond acceptors (Lipinski definition) is 0. The molecule has 1 atom stereocenters. The first-order valence-corrected chi connectivity index (χ1v) is 6.57. The van der Waals surface area contributed by atoms with Crippen molar-refractivity contribution in [3.63, 3.8) is 0 Å². The number of hydrogen-bond donors (Lipinski definition) is 0. The maximum Gasteiger partial charge on any atom is -0.0188 e. The number of benzene rings is 1. The van der Waals surface area contributed by atoms with Crippen molar-refractivity contribution in [3.05, 3.63) is 34.9 Å². The zero-order valence-electron chi connectivity index (χ0n) is 11.1. The Morgan fingerprint density at radius 2 is 2.00 bits per heavy atom. The lowest BCUT2D eigenvalue weighted by atomic mass is 9.81. The Bertz CT molecular complexity index is 368. The molecule has 0 spiro atoms. The zero-order valence-corrected chi connectivity index (χ0v) is 11.1. The van der Waals surface area contributed by atoms with Gasteiger partial charge in [0.25, 0.3) is 0 Å². The van der Waals surface area contributed by atoms with Crippen LogP contribution in [0, 0.1) is 5.41 Å². The quantitative estimate of drug-likeness (QED) is 0.637. The number of fused-ring (bicyclic) bond motifs is 1. The van der Waals surface area contributed by atoms with Crippen molar-refractivity contribution in [2.24, 2.45) is 5.41 Å². The molecule has 0 aromatic heterocycles. The molecule has 0 heteroatoms. The SMILES string of the molecule is CC1CCCc2cc(CC(C)(C)C)ccc21. The molecular formula is C16H24. The van der Waals surface area contributed by atoms with Crippen LogP contribution in [0.5, 0.6) is 0 Å². The van der Waals surface area contributed by atoms with Gasteiger partial charge in [0.2, 0.25) is 0 Å². The van der Waals surface area contributed by atoms with E-state index in [1.54, 1.807) is 11.1 Å². The fourth-order valence-electron chi connectivity index (χ4n) is 2.83. The monoisotopic (exact) mass is 216 g/mol. The van der Waals surface area contributed by atoms with E-state index in [9.17, 15) is 0 Å². The molecule has 0 amide bonds. The first-order valence-electron chi connectivity index (χ1n) is 6.57. The summed E-state index contributed by atoms with van der Waals surface area (Å²) in [6, 6.07) is 7.17. The summed E-state index contributed by atoms with van der Waals surface area (Å²) in [5.74, 6) is 0.771. The highest BCUT2D eigenvalue weighted by molar-refractivity contribution is 5.36. The minimum Gasteiger partial charge on any atom is -0.0599 e. The van der Waals surface area contributed by atoms with Gasteiger partial charge >= 0.3 is 0 Å². The number of rotatable bonds is 1. The lowest BCUT2D eigenvalue weighted by Gasteiger charge is -2.24. The molecule has 0 saturated heterocycles. The van der Waals surface area contributed by atoms with Gasteiger partial charge in [-0.25, -0.2) is 0 Å². The molecule has 1 aliphatic carbocycles. The smallest absolute Gasteiger partial charge is 0.0188 e. The second-order valence-electron chi connectivity index (χ2n) is 6.56. The minimum atomic E-state index is 0.397. The van der Waals surface area contributed by atoms with E-state index in [1.807, 2.05) is 0 Å². The van der Waals surface area contributed by atoms with Crippen molar-refractivity contribution in [1.82, 2.24) is 0 Å².